The molecular weight excluding hydrogens is 386 g/mol. The van der Waals surface area contributed by atoms with Crippen molar-refractivity contribution in [3.8, 4) is 0 Å². The smallest absolute Gasteiger partial charge is 0.282 e. The van der Waals surface area contributed by atoms with E-state index >= 15 is 0 Å². The van der Waals surface area contributed by atoms with Gasteiger partial charge in [0.1, 0.15) is 0 Å². The van der Waals surface area contributed by atoms with Gasteiger partial charge in [-0.1, -0.05) is 36.8 Å². The van der Waals surface area contributed by atoms with Crippen LogP contribution in [0, 0.1) is 11.8 Å². The zero-order chi connectivity index (χ0) is 19.8. The average Bonchev–Trinajstić information content (AvgIpc) is 2.78. The summed E-state index contributed by atoms with van der Waals surface area (Å²) in [6.07, 6.45) is 5.97. The molecule has 0 spiro atoms. The Morgan fingerprint density at radius 1 is 0.931 bits per heavy atom. The van der Waals surface area contributed by atoms with Crippen molar-refractivity contribution in [1.29, 1.82) is 0 Å². The van der Waals surface area contributed by atoms with Gasteiger partial charge in [-0.15, -0.1) is 0 Å². The van der Waals surface area contributed by atoms with Crippen LogP contribution in [0.3, 0.4) is 0 Å². The predicted octanol–water partition coefficient (Wildman–Crippen LogP) is 1.98. The Morgan fingerprint density at radius 2 is 1.69 bits per heavy atom. The van der Waals surface area contributed by atoms with Crippen LogP contribution in [0.15, 0.2) is 30.3 Å². The van der Waals surface area contributed by atoms with E-state index in [1.165, 1.54) is 37.8 Å². The summed E-state index contributed by atoms with van der Waals surface area (Å²) in [6.45, 7) is 4.51. The van der Waals surface area contributed by atoms with Crippen molar-refractivity contribution in [2.24, 2.45) is 11.8 Å². The van der Waals surface area contributed by atoms with E-state index in [1.54, 1.807) is 4.31 Å². The maximum absolute atomic E-state index is 13.4. The molecule has 160 valence electrons. The zero-order valence-electron chi connectivity index (χ0n) is 17.2. The SMILES string of the molecule is O=S(=O)(N1CCOCC1)N1C[C@H]2C[C@@H](C1)[C@H](Cc1ccccc1)N1CCCC[C@@H]21. The number of piperidine rings is 3. The normalized spacial score (nSPS) is 34.6. The number of nitrogens with zero attached hydrogens (tertiary/aromatic N) is 3. The van der Waals surface area contributed by atoms with Gasteiger partial charge in [-0.25, -0.2) is 0 Å². The monoisotopic (exact) mass is 419 g/mol. The molecule has 4 fully saturated rings. The summed E-state index contributed by atoms with van der Waals surface area (Å²) in [6, 6.07) is 11.7. The van der Waals surface area contributed by atoms with E-state index < -0.39 is 10.2 Å². The van der Waals surface area contributed by atoms with Crippen LogP contribution in [-0.4, -0.2) is 79.9 Å². The minimum Gasteiger partial charge on any atom is -0.379 e. The molecule has 1 aromatic rings. The van der Waals surface area contributed by atoms with Crippen molar-refractivity contribution in [3.05, 3.63) is 35.9 Å². The lowest BCUT2D eigenvalue weighted by molar-refractivity contribution is -0.0563. The summed E-state index contributed by atoms with van der Waals surface area (Å²) in [4.78, 5) is 2.76. The molecule has 4 saturated heterocycles. The van der Waals surface area contributed by atoms with E-state index in [4.69, 9.17) is 4.74 Å². The molecule has 0 amide bonds. The van der Waals surface area contributed by atoms with Gasteiger partial charge in [0.2, 0.25) is 0 Å². The van der Waals surface area contributed by atoms with Crippen molar-refractivity contribution < 1.29 is 13.2 Å². The highest BCUT2D eigenvalue weighted by Crippen LogP contribution is 2.43. The Hall–Kier alpha value is -0.990. The molecule has 6 nitrogen and oxygen atoms in total. The van der Waals surface area contributed by atoms with Gasteiger partial charge in [0.05, 0.1) is 13.2 Å². The number of morpholine rings is 1. The second kappa shape index (κ2) is 8.27. The molecule has 4 heterocycles. The number of rotatable bonds is 4. The highest BCUT2D eigenvalue weighted by molar-refractivity contribution is 7.86. The first-order valence-electron chi connectivity index (χ1n) is 11.3. The van der Waals surface area contributed by atoms with E-state index in [0.29, 0.717) is 63.3 Å². The van der Waals surface area contributed by atoms with Gasteiger partial charge < -0.3 is 4.74 Å². The highest BCUT2D eigenvalue weighted by Gasteiger charge is 2.49. The van der Waals surface area contributed by atoms with Crippen LogP contribution in [-0.2, 0) is 21.4 Å². The van der Waals surface area contributed by atoms with Crippen LogP contribution < -0.4 is 0 Å². The van der Waals surface area contributed by atoms with Crippen molar-refractivity contribution in [1.82, 2.24) is 13.5 Å². The van der Waals surface area contributed by atoms with Crippen molar-refractivity contribution in [3.63, 3.8) is 0 Å². The first-order valence-corrected chi connectivity index (χ1v) is 12.7. The van der Waals surface area contributed by atoms with Gasteiger partial charge >= 0.3 is 0 Å². The van der Waals surface area contributed by atoms with Gasteiger partial charge in [-0.3, -0.25) is 4.90 Å². The zero-order valence-corrected chi connectivity index (χ0v) is 18.0. The fourth-order valence-electron chi connectivity index (χ4n) is 6.13. The van der Waals surface area contributed by atoms with Crippen molar-refractivity contribution >= 4 is 10.2 Å². The molecule has 0 radical (unpaired) electrons. The van der Waals surface area contributed by atoms with E-state index in [0.717, 1.165) is 6.42 Å². The predicted molar refractivity (Wildman–Crippen MR) is 113 cm³/mol. The lowest BCUT2D eigenvalue weighted by Crippen LogP contribution is -2.65. The van der Waals surface area contributed by atoms with Gasteiger partial charge in [0.25, 0.3) is 10.2 Å². The molecule has 0 aliphatic carbocycles. The van der Waals surface area contributed by atoms with Gasteiger partial charge in [0.15, 0.2) is 0 Å². The molecule has 1 aromatic carbocycles. The Kier molecular flexibility index (Phi) is 5.69. The van der Waals surface area contributed by atoms with Crippen LogP contribution >= 0.6 is 0 Å². The first kappa shape index (κ1) is 19.9. The minimum atomic E-state index is -3.39. The molecule has 5 rings (SSSR count). The van der Waals surface area contributed by atoms with Crippen LogP contribution in [0.1, 0.15) is 31.2 Å². The van der Waals surface area contributed by atoms with Crippen LogP contribution in [0.4, 0.5) is 0 Å². The largest absolute Gasteiger partial charge is 0.379 e. The summed E-state index contributed by atoms with van der Waals surface area (Å²) in [5.74, 6) is 0.885. The molecule has 4 aliphatic heterocycles. The number of fused-ring (bicyclic) bond motifs is 4. The highest BCUT2D eigenvalue weighted by atomic mass is 32.2. The topological polar surface area (TPSA) is 53.1 Å². The molecule has 4 aliphatic rings. The van der Waals surface area contributed by atoms with E-state index in [9.17, 15) is 8.42 Å². The number of hydrogen-bond donors (Lipinski definition) is 0. The molecular formula is C22H33N3O3S. The van der Waals surface area contributed by atoms with Gasteiger partial charge in [0, 0.05) is 38.3 Å². The summed E-state index contributed by atoms with van der Waals surface area (Å²) < 4.78 is 35.6. The van der Waals surface area contributed by atoms with Crippen LogP contribution in [0.25, 0.3) is 0 Å². The molecule has 0 saturated carbocycles. The number of hydrogen-bond acceptors (Lipinski definition) is 4. The molecule has 7 heteroatoms. The average molecular weight is 420 g/mol. The molecule has 0 N–H and O–H groups in total. The quantitative estimate of drug-likeness (QED) is 0.749. The molecule has 0 unspecified atom stereocenters. The Bertz CT molecular complexity index is 797. The first-order chi connectivity index (χ1) is 14.1. The minimum absolute atomic E-state index is 0.416. The van der Waals surface area contributed by atoms with Crippen LogP contribution in [0.5, 0.6) is 0 Å². The fourth-order valence-corrected chi connectivity index (χ4v) is 7.83. The van der Waals surface area contributed by atoms with E-state index in [2.05, 4.69) is 35.2 Å². The molecule has 2 bridgehead atoms. The fraction of sp³-hybridized carbons (Fsp3) is 0.727. The summed E-state index contributed by atoms with van der Waals surface area (Å²) in [7, 11) is -3.39. The summed E-state index contributed by atoms with van der Waals surface area (Å²) in [5, 5.41) is 0. The molecule has 29 heavy (non-hydrogen) atoms. The number of ether oxygens (including phenoxy) is 1. The summed E-state index contributed by atoms with van der Waals surface area (Å²) >= 11 is 0. The van der Waals surface area contributed by atoms with E-state index in [1.807, 2.05) is 4.31 Å². The van der Waals surface area contributed by atoms with Gasteiger partial charge in [-0.2, -0.15) is 17.0 Å². The lowest BCUT2D eigenvalue weighted by Gasteiger charge is -2.57. The Balaban J connectivity index is 1.40. The molecule has 4 atom stereocenters. The number of benzene rings is 1. The Morgan fingerprint density at radius 3 is 2.48 bits per heavy atom. The van der Waals surface area contributed by atoms with Gasteiger partial charge in [-0.05, 0) is 49.6 Å². The van der Waals surface area contributed by atoms with Crippen LogP contribution in [0.2, 0.25) is 0 Å². The second-order valence-corrected chi connectivity index (χ2v) is 11.1. The van der Waals surface area contributed by atoms with Crippen molar-refractivity contribution in [2.75, 3.05) is 45.9 Å². The Labute approximate surface area is 175 Å². The lowest BCUT2D eigenvalue weighted by atomic mass is 9.71. The summed E-state index contributed by atoms with van der Waals surface area (Å²) in [5.41, 5.74) is 1.37. The standard InChI is InChI=1S/C22H33N3O3S/c26-29(27,23-10-12-28-13-11-23)24-16-19-15-20(17-24)22(14-18-6-2-1-3-7-18)25-9-5-4-8-21(19)25/h1-3,6-7,19-22H,4-5,8-17H2/t19-,20+,21+,22+/m1/s1. The van der Waals surface area contributed by atoms with E-state index in [-0.39, 0.29) is 0 Å². The maximum atomic E-state index is 13.4. The molecule has 0 aromatic heterocycles. The third kappa shape index (κ3) is 3.88. The second-order valence-electron chi connectivity index (χ2n) is 9.15. The third-order valence-corrected chi connectivity index (χ3v) is 9.47. The van der Waals surface area contributed by atoms with Crippen molar-refractivity contribution in [2.45, 2.75) is 44.2 Å². The maximum Gasteiger partial charge on any atom is 0.282 e. The third-order valence-electron chi connectivity index (χ3n) is 7.50.